The number of hydrogen-bond acceptors (Lipinski definition) is 6. The molecule has 0 saturated heterocycles. The monoisotopic (exact) mass is 447 g/mol. The van der Waals surface area contributed by atoms with Crippen LogP contribution >= 0.6 is 0 Å². The van der Waals surface area contributed by atoms with Gasteiger partial charge in [0.25, 0.3) is 0 Å². The van der Waals surface area contributed by atoms with Gasteiger partial charge in [0.05, 0.1) is 45.6 Å². The van der Waals surface area contributed by atoms with Gasteiger partial charge in [-0.1, -0.05) is 58.3 Å². The zero-order chi connectivity index (χ0) is 23.2. The number of carboxylic acid groups (broad SMARTS) is 1. The molecule has 0 spiro atoms. The minimum atomic E-state index is -0.839. The summed E-state index contributed by atoms with van der Waals surface area (Å²) in [6.07, 6.45) is 11.4. The highest BCUT2D eigenvalue weighted by Crippen LogP contribution is 2.22. The van der Waals surface area contributed by atoms with Gasteiger partial charge in [0.2, 0.25) is 0 Å². The zero-order valence-electron chi connectivity index (χ0n) is 20.3. The van der Waals surface area contributed by atoms with E-state index in [0.717, 1.165) is 6.42 Å². The largest absolute Gasteiger partial charge is 0.481 e. The molecule has 0 fully saturated rings. The molecule has 0 bridgehead atoms. The van der Waals surface area contributed by atoms with E-state index in [4.69, 9.17) is 24.4 Å². The van der Waals surface area contributed by atoms with Crippen molar-refractivity contribution in [3.8, 4) is 0 Å². The number of hydrogen-bond donors (Lipinski definition) is 3. The van der Waals surface area contributed by atoms with Crippen LogP contribution in [0.5, 0.6) is 0 Å². The first-order chi connectivity index (χ1) is 15.1. The number of ether oxygens (including phenoxy) is 3. The molecule has 0 heterocycles. The molecule has 3 N–H and O–H groups in total. The van der Waals surface area contributed by atoms with Crippen molar-refractivity contribution in [1.82, 2.24) is 5.32 Å². The molecule has 0 saturated carbocycles. The van der Waals surface area contributed by atoms with Gasteiger partial charge in [-0.15, -0.1) is 0 Å². The smallest absolute Gasteiger partial charge is 0.305 e. The lowest BCUT2D eigenvalue weighted by Crippen LogP contribution is -2.44. The van der Waals surface area contributed by atoms with Crippen molar-refractivity contribution >= 4 is 5.97 Å². The van der Waals surface area contributed by atoms with E-state index in [-0.39, 0.29) is 31.8 Å². The number of nitrogens with one attached hydrogen (secondary N) is 1. The number of aliphatic carboxylic acids is 1. The molecule has 7 heteroatoms. The van der Waals surface area contributed by atoms with Gasteiger partial charge in [0.1, 0.15) is 0 Å². The molecule has 0 amide bonds. The Hall–Kier alpha value is -0.730. The Morgan fingerprint density at radius 1 is 0.935 bits per heavy atom. The van der Waals surface area contributed by atoms with Gasteiger partial charge < -0.3 is 29.7 Å². The molecular weight excluding hydrogens is 398 g/mol. The molecule has 0 aliphatic rings. The molecule has 186 valence electrons. The van der Waals surface area contributed by atoms with Crippen LogP contribution in [-0.4, -0.2) is 74.5 Å². The maximum atomic E-state index is 10.5. The topological polar surface area (TPSA) is 97.3 Å². The molecule has 7 nitrogen and oxygen atoms in total. The van der Waals surface area contributed by atoms with Crippen molar-refractivity contribution in [2.24, 2.45) is 5.92 Å². The molecule has 0 aromatic rings. The summed E-state index contributed by atoms with van der Waals surface area (Å²) in [5, 5.41) is 21.2. The molecule has 0 aromatic carbocycles. The van der Waals surface area contributed by atoms with E-state index in [1.165, 1.54) is 51.4 Å². The van der Waals surface area contributed by atoms with Crippen molar-refractivity contribution in [3.63, 3.8) is 0 Å². The molecule has 0 aliphatic heterocycles. The first-order valence-electron chi connectivity index (χ1n) is 12.4. The Bertz CT molecular complexity index is 396. The SMILES string of the molecule is CCCCCCCCCCC(C(C)NCCOCCC(=O)O)C(COCCO)OCC. The zero-order valence-corrected chi connectivity index (χ0v) is 20.3. The Balaban J connectivity index is 4.48. The van der Waals surface area contributed by atoms with Crippen LogP contribution in [0.25, 0.3) is 0 Å². The normalized spacial score (nSPS) is 14.5. The predicted octanol–water partition coefficient (Wildman–Crippen LogP) is 4.02. The highest BCUT2D eigenvalue weighted by Gasteiger charge is 2.27. The maximum absolute atomic E-state index is 10.5. The van der Waals surface area contributed by atoms with Gasteiger partial charge in [-0.3, -0.25) is 4.79 Å². The third-order valence-electron chi connectivity index (χ3n) is 5.58. The summed E-state index contributed by atoms with van der Waals surface area (Å²) in [5.74, 6) is -0.535. The molecule has 3 atom stereocenters. The summed E-state index contributed by atoms with van der Waals surface area (Å²) in [4.78, 5) is 10.5. The van der Waals surface area contributed by atoms with E-state index in [9.17, 15) is 4.79 Å². The third kappa shape index (κ3) is 18.5. The Kier molecular flexibility index (Phi) is 21.9. The average molecular weight is 448 g/mol. The summed E-state index contributed by atoms with van der Waals surface area (Å²) in [5.41, 5.74) is 0. The molecule has 0 aliphatic carbocycles. The average Bonchev–Trinajstić information content (AvgIpc) is 2.74. The Morgan fingerprint density at radius 3 is 2.23 bits per heavy atom. The molecule has 3 unspecified atom stereocenters. The quantitative estimate of drug-likeness (QED) is 0.192. The Morgan fingerprint density at radius 2 is 1.61 bits per heavy atom. The lowest BCUT2D eigenvalue weighted by molar-refractivity contribution is -0.138. The van der Waals surface area contributed by atoms with Crippen molar-refractivity contribution in [2.45, 2.75) is 97.1 Å². The second kappa shape index (κ2) is 22.5. The van der Waals surface area contributed by atoms with Gasteiger partial charge in [-0.25, -0.2) is 0 Å². The summed E-state index contributed by atoms with van der Waals surface area (Å²) < 4.78 is 17.0. The van der Waals surface area contributed by atoms with Crippen LogP contribution in [0.4, 0.5) is 0 Å². The van der Waals surface area contributed by atoms with Crippen LogP contribution < -0.4 is 5.32 Å². The fourth-order valence-electron chi connectivity index (χ4n) is 3.82. The van der Waals surface area contributed by atoms with E-state index in [1.807, 2.05) is 6.92 Å². The number of carbonyl (C=O) groups is 1. The second-order valence-corrected chi connectivity index (χ2v) is 8.22. The van der Waals surface area contributed by atoms with Crippen LogP contribution in [0.2, 0.25) is 0 Å². The van der Waals surface area contributed by atoms with Crippen molar-refractivity contribution in [1.29, 1.82) is 0 Å². The summed E-state index contributed by atoms with van der Waals surface area (Å²) in [7, 11) is 0. The van der Waals surface area contributed by atoms with Gasteiger partial charge in [-0.05, 0) is 20.3 Å². The van der Waals surface area contributed by atoms with E-state index < -0.39 is 5.97 Å². The number of unbranched alkanes of at least 4 members (excludes halogenated alkanes) is 7. The molecule has 0 aromatic heterocycles. The third-order valence-corrected chi connectivity index (χ3v) is 5.58. The number of aliphatic hydroxyl groups excluding tert-OH is 1. The van der Waals surface area contributed by atoms with Crippen molar-refractivity contribution in [2.75, 3.05) is 46.2 Å². The van der Waals surface area contributed by atoms with Crippen molar-refractivity contribution in [3.05, 3.63) is 0 Å². The standard InChI is InChI=1S/C24H49NO6/c1-4-6-7-8-9-10-11-12-13-22(23(31-5-2)20-30-19-16-26)21(3)25-15-18-29-17-14-24(27)28/h21-23,25-26H,4-20H2,1-3H3,(H,27,28). The second-order valence-electron chi connectivity index (χ2n) is 8.22. The van der Waals surface area contributed by atoms with Crippen molar-refractivity contribution < 1.29 is 29.2 Å². The summed E-state index contributed by atoms with van der Waals surface area (Å²) in [6, 6.07) is 0.224. The van der Waals surface area contributed by atoms with Gasteiger partial charge >= 0.3 is 5.97 Å². The van der Waals surface area contributed by atoms with E-state index >= 15 is 0 Å². The number of rotatable bonds is 24. The van der Waals surface area contributed by atoms with Crippen LogP contribution in [-0.2, 0) is 19.0 Å². The number of aliphatic hydroxyl groups is 1. The van der Waals surface area contributed by atoms with Gasteiger partial charge in [0, 0.05) is 25.1 Å². The van der Waals surface area contributed by atoms with Crippen LogP contribution in [0, 0.1) is 5.92 Å². The molecule has 31 heavy (non-hydrogen) atoms. The Labute approximate surface area is 190 Å². The number of carboxylic acids is 1. The molecule has 0 radical (unpaired) electrons. The first-order valence-corrected chi connectivity index (χ1v) is 12.4. The highest BCUT2D eigenvalue weighted by atomic mass is 16.5. The highest BCUT2D eigenvalue weighted by molar-refractivity contribution is 5.66. The predicted molar refractivity (Wildman–Crippen MR) is 125 cm³/mol. The van der Waals surface area contributed by atoms with Crippen LogP contribution in [0.3, 0.4) is 0 Å². The maximum Gasteiger partial charge on any atom is 0.305 e. The summed E-state index contributed by atoms with van der Waals surface area (Å²) >= 11 is 0. The van der Waals surface area contributed by atoms with Crippen LogP contribution in [0.15, 0.2) is 0 Å². The minimum Gasteiger partial charge on any atom is -0.481 e. The van der Waals surface area contributed by atoms with Crippen LogP contribution in [0.1, 0.15) is 85.0 Å². The van der Waals surface area contributed by atoms with Gasteiger partial charge in [0.15, 0.2) is 0 Å². The molecule has 0 rings (SSSR count). The van der Waals surface area contributed by atoms with E-state index in [2.05, 4.69) is 19.2 Å². The lowest BCUT2D eigenvalue weighted by atomic mass is 9.88. The summed E-state index contributed by atoms with van der Waals surface area (Å²) in [6.45, 7) is 9.28. The van der Waals surface area contributed by atoms with E-state index in [0.29, 0.717) is 38.9 Å². The van der Waals surface area contributed by atoms with E-state index in [1.54, 1.807) is 0 Å². The lowest BCUT2D eigenvalue weighted by Gasteiger charge is -2.32. The fraction of sp³-hybridized carbons (Fsp3) is 0.958. The minimum absolute atomic E-state index is 0.0169. The molecular formula is C24H49NO6. The fourth-order valence-corrected chi connectivity index (χ4v) is 3.82. The first kappa shape index (κ1) is 30.3. The van der Waals surface area contributed by atoms with Gasteiger partial charge in [-0.2, -0.15) is 0 Å².